The zero-order valence-electron chi connectivity index (χ0n) is 11.1. The van der Waals surface area contributed by atoms with Gasteiger partial charge in [0.05, 0.1) is 24.0 Å². The van der Waals surface area contributed by atoms with Crippen LogP contribution in [0.2, 0.25) is 0 Å². The molecule has 19 heavy (non-hydrogen) atoms. The van der Waals surface area contributed by atoms with Crippen molar-refractivity contribution in [3.8, 4) is 0 Å². The van der Waals surface area contributed by atoms with Crippen LogP contribution in [0, 0.1) is 0 Å². The highest BCUT2D eigenvalue weighted by atomic mass is 32.2. The molecule has 2 fully saturated rings. The average Bonchev–Trinajstić information content (AvgIpc) is 2.22. The number of aliphatic carboxylic acids is 1. The lowest BCUT2D eigenvalue weighted by molar-refractivity contribution is -0.139. The molecule has 1 aliphatic heterocycles. The van der Waals surface area contributed by atoms with E-state index >= 15 is 0 Å². The van der Waals surface area contributed by atoms with E-state index in [9.17, 15) is 13.2 Å². The monoisotopic (exact) mass is 291 g/mol. The first-order chi connectivity index (χ1) is 8.91. The van der Waals surface area contributed by atoms with Crippen LogP contribution in [0.25, 0.3) is 0 Å². The first-order valence-corrected chi connectivity index (χ1v) is 8.53. The molecule has 0 radical (unpaired) electrons. The summed E-state index contributed by atoms with van der Waals surface area (Å²) < 4.78 is 28.8. The maximum absolute atomic E-state index is 11.6. The number of carbonyl (C=O) groups is 1. The van der Waals surface area contributed by atoms with E-state index in [4.69, 9.17) is 9.84 Å². The summed E-state index contributed by atoms with van der Waals surface area (Å²) in [5.41, 5.74) is 0. The molecule has 1 N–H and O–H groups in total. The van der Waals surface area contributed by atoms with E-state index in [0.717, 1.165) is 12.8 Å². The fourth-order valence-electron chi connectivity index (χ4n) is 2.94. The number of carboxylic acid groups (broad SMARTS) is 1. The van der Waals surface area contributed by atoms with Crippen LogP contribution in [-0.4, -0.2) is 67.2 Å². The average molecular weight is 291 g/mol. The smallest absolute Gasteiger partial charge is 0.304 e. The van der Waals surface area contributed by atoms with Crippen molar-refractivity contribution in [2.75, 3.05) is 24.7 Å². The topological polar surface area (TPSA) is 83.9 Å². The van der Waals surface area contributed by atoms with Gasteiger partial charge < -0.3 is 9.84 Å². The Kier molecular flexibility index (Phi) is 4.47. The Bertz CT molecular complexity index is 429. The lowest BCUT2D eigenvalue weighted by atomic mass is 9.86. The Balaban J connectivity index is 1.96. The molecule has 1 unspecified atom stereocenters. The van der Waals surface area contributed by atoms with Crippen LogP contribution in [0.5, 0.6) is 0 Å². The Morgan fingerprint density at radius 1 is 1.42 bits per heavy atom. The predicted molar refractivity (Wildman–Crippen MR) is 69.8 cm³/mol. The van der Waals surface area contributed by atoms with E-state index in [1.165, 1.54) is 0 Å². The molecule has 7 heteroatoms. The van der Waals surface area contributed by atoms with E-state index < -0.39 is 15.8 Å². The van der Waals surface area contributed by atoms with Gasteiger partial charge in [0.25, 0.3) is 0 Å². The molecular weight excluding hydrogens is 270 g/mol. The van der Waals surface area contributed by atoms with Crippen molar-refractivity contribution in [2.24, 2.45) is 0 Å². The zero-order valence-corrected chi connectivity index (χ0v) is 11.9. The molecule has 0 aromatic rings. The maximum atomic E-state index is 11.6. The van der Waals surface area contributed by atoms with Crippen LogP contribution < -0.4 is 0 Å². The molecule has 110 valence electrons. The molecule has 0 bridgehead atoms. The van der Waals surface area contributed by atoms with Gasteiger partial charge in [-0.2, -0.15) is 0 Å². The predicted octanol–water partition coefficient (Wildman–Crippen LogP) is 0.128. The third-order valence-corrected chi connectivity index (χ3v) is 5.62. The summed E-state index contributed by atoms with van der Waals surface area (Å²) >= 11 is 0. The van der Waals surface area contributed by atoms with Gasteiger partial charge in [-0.15, -0.1) is 0 Å². The number of nitrogens with zero attached hydrogens (tertiary/aromatic N) is 1. The molecule has 6 nitrogen and oxygen atoms in total. The summed E-state index contributed by atoms with van der Waals surface area (Å²) in [6, 6.07) is -0.111. The van der Waals surface area contributed by atoms with Gasteiger partial charge >= 0.3 is 5.97 Å². The lowest BCUT2D eigenvalue weighted by Crippen LogP contribution is -2.58. The van der Waals surface area contributed by atoms with Gasteiger partial charge in [-0.3, -0.25) is 9.69 Å². The van der Waals surface area contributed by atoms with Crippen molar-refractivity contribution in [1.29, 1.82) is 0 Å². The maximum Gasteiger partial charge on any atom is 0.304 e. The van der Waals surface area contributed by atoms with Crippen molar-refractivity contribution in [3.63, 3.8) is 0 Å². The Morgan fingerprint density at radius 3 is 2.68 bits per heavy atom. The van der Waals surface area contributed by atoms with E-state index in [-0.39, 0.29) is 36.1 Å². The number of hydrogen-bond donors (Lipinski definition) is 1. The zero-order chi connectivity index (χ0) is 14.0. The minimum Gasteiger partial charge on any atom is -0.481 e. The third-order valence-electron chi connectivity index (χ3n) is 3.93. The van der Waals surface area contributed by atoms with E-state index in [1.807, 2.05) is 6.92 Å². The largest absolute Gasteiger partial charge is 0.481 e. The number of sulfone groups is 1. The van der Waals surface area contributed by atoms with Crippen LogP contribution in [0.4, 0.5) is 0 Å². The highest BCUT2D eigenvalue weighted by Crippen LogP contribution is 2.32. The van der Waals surface area contributed by atoms with Gasteiger partial charge in [0.15, 0.2) is 9.84 Å². The van der Waals surface area contributed by atoms with Crippen molar-refractivity contribution in [1.82, 2.24) is 4.90 Å². The van der Waals surface area contributed by atoms with E-state index in [1.54, 1.807) is 0 Å². The highest BCUT2D eigenvalue weighted by Gasteiger charge is 2.41. The van der Waals surface area contributed by atoms with Gasteiger partial charge in [0.2, 0.25) is 0 Å². The first kappa shape index (κ1) is 14.7. The van der Waals surface area contributed by atoms with Gasteiger partial charge in [0, 0.05) is 25.2 Å². The second kappa shape index (κ2) is 5.76. The Labute approximate surface area is 113 Å². The molecular formula is C12H21NO5S. The quantitative estimate of drug-likeness (QED) is 0.775. The molecule has 1 saturated heterocycles. The summed E-state index contributed by atoms with van der Waals surface area (Å²) in [4.78, 5) is 12.9. The summed E-state index contributed by atoms with van der Waals surface area (Å²) in [6.07, 6.45) is 1.90. The molecule has 1 atom stereocenters. The molecule has 1 heterocycles. The molecule has 1 saturated carbocycles. The van der Waals surface area contributed by atoms with Gasteiger partial charge in [0.1, 0.15) is 0 Å². The van der Waals surface area contributed by atoms with Crippen LogP contribution in [0.3, 0.4) is 0 Å². The summed E-state index contributed by atoms with van der Waals surface area (Å²) in [6.45, 7) is 3.09. The molecule has 0 aromatic heterocycles. The number of ether oxygens (including phenoxy) is 1. The fraction of sp³-hybridized carbons (Fsp3) is 0.917. The molecule has 1 aliphatic carbocycles. The second-order valence-corrected chi connectivity index (χ2v) is 7.54. The SMILES string of the molecule is CCOC1CC(N2CCS(=O)(=O)CC2CC(=O)O)C1. The van der Waals surface area contributed by atoms with Gasteiger partial charge in [-0.1, -0.05) is 0 Å². The third kappa shape index (κ3) is 3.67. The molecule has 0 amide bonds. The summed E-state index contributed by atoms with van der Waals surface area (Å²) in [5.74, 6) is -0.832. The number of hydrogen-bond acceptors (Lipinski definition) is 5. The standard InChI is InChI=1S/C12H21NO5S/c1-2-18-11-5-9(6-11)13-3-4-19(16,17)8-10(13)7-12(14)15/h9-11H,2-8H2,1H3,(H,14,15). The minimum absolute atomic E-state index is 0.0326. The van der Waals surface area contributed by atoms with Crippen LogP contribution >= 0.6 is 0 Å². The fourth-order valence-corrected chi connectivity index (χ4v) is 4.49. The van der Waals surface area contributed by atoms with Gasteiger partial charge in [-0.25, -0.2) is 8.42 Å². The van der Waals surface area contributed by atoms with Crippen LogP contribution in [0.15, 0.2) is 0 Å². The highest BCUT2D eigenvalue weighted by molar-refractivity contribution is 7.91. The Hall–Kier alpha value is -0.660. The minimum atomic E-state index is -3.09. The summed E-state index contributed by atoms with van der Waals surface area (Å²) in [7, 11) is -3.09. The molecule has 2 aliphatic rings. The van der Waals surface area contributed by atoms with Crippen molar-refractivity contribution >= 4 is 15.8 Å². The van der Waals surface area contributed by atoms with E-state index in [2.05, 4.69) is 4.90 Å². The normalized spacial score (nSPS) is 34.7. The first-order valence-electron chi connectivity index (χ1n) is 6.71. The second-order valence-electron chi connectivity index (χ2n) is 5.31. The van der Waals surface area contributed by atoms with Crippen LogP contribution in [0.1, 0.15) is 26.2 Å². The van der Waals surface area contributed by atoms with Crippen molar-refractivity contribution in [3.05, 3.63) is 0 Å². The van der Waals surface area contributed by atoms with E-state index in [0.29, 0.717) is 13.2 Å². The molecule has 0 aromatic carbocycles. The summed E-state index contributed by atoms with van der Waals surface area (Å²) in [5, 5.41) is 8.92. The number of rotatable bonds is 5. The lowest BCUT2D eigenvalue weighted by Gasteiger charge is -2.47. The van der Waals surface area contributed by atoms with Crippen molar-refractivity contribution in [2.45, 2.75) is 44.4 Å². The number of carboxylic acids is 1. The Morgan fingerprint density at radius 2 is 2.11 bits per heavy atom. The molecule has 2 rings (SSSR count). The van der Waals surface area contributed by atoms with Gasteiger partial charge in [-0.05, 0) is 19.8 Å². The molecule has 0 spiro atoms. The van der Waals surface area contributed by atoms with Crippen molar-refractivity contribution < 1.29 is 23.1 Å². The van der Waals surface area contributed by atoms with Crippen LogP contribution in [-0.2, 0) is 19.4 Å².